The Hall–Kier alpha value is -2.95. The molecule has 3 aromatic heterocycles. The fourth-order valence-corrected chi connectivity index (χ4v) is 2.75. The van der Waals surface area contributed by atoms with Crippen LogP contribution in [0.3, 0.4) is 0 Å². The Morgan fingerprint density at radius 3 is 3.05 bits per heavy atom. The first-order valence-corrected chi connectivity index (χ1v) is 7.12. The van der Waals surface area contributed by atoms with Crippen LogP contribution in [0.1, 0.15) is 18.5 Å². The number of hydrogen-bond donors (Lipinski definition) is 1. The van der Waals surface area contributed by atoms with E-state index in [9.17, 15) is 4.79 Å². The molecule has 0 aliphatic heterocycles. The van der Waals surface area contributed by atoms with E-state index in [0.29, 0.717) is 10.9 Å². The third-order valence-corrected chi connectivity index (χ3v) is 4.06. The summed E-state index contributed by atoms with van der Waals surface area (Å²) in [7, 11) is 0. The van der Waals surface area contributed by atoms with Crippen molar-refractivity contribution in [3.8, 4) is 0 Å². The number of hydrogen-bond acceptors (Lipinski definition) is 3. The van der Waals surface area contributed by atoms with Gasteiger partial charge >= 0.3 is 0 Å². The standard InChI is InChI=1S/C17H14N4O/c1-11(12-2-3-15-13(8-12)4-7-19-15)21-10-20-16-9-18-6-5-14(16)17(21)22/h2-11,19H,1H3. The highest BCUT2D eigenvalue weighted by Crippen LogP contribution is 2.21. The zero-order valence-electron chi connectivity index (χ0n) is 12.0. The van der Waals surface area contributed by atoms with Crippen LogP contribution in [0.2, 0.25) is 0 Å². The molecule has 0 aliphatic rings. The Bertz CT molecular complexity index is 1030. The van der Waals surface area contributed by atoms with Crippen molar-refractivity contribution in [2.45, 2.75) is 13.0 Å². The molecule has 0 amide bonds. The molecule has 1 atom stereocenters. The summed E-state index contributed by atoms with van der Waals surface area (Å²) in [5, 5.41) is 1.72. The summed E-state index contributed by atoms with van der Waals surface area (Å²) in [6.45, 7) is 2.00. The molecule has 0 fully saturated rings. The second-order valence-corrected chi connectivity index (χ2v) is 5.35. The van der Waals surface area contributed by atoms with Gasteiger partial charge in [0.15, 0.2) is 0 Å². The van der Waals surface area contributed by atoms with Crippen LogP contribution in [0.4, 0.5) is 0 Å². The topological polar surface area (TPSA) is 63.6 Å². The van der Waals surface area contributed by atoms with Crippen molar-refractivity contribution in [1.82, 2.24) is 19.5 Å². The third kappa shape index (κ3) is 1.90. The van der Waals surface area contributed by atoms with E-state index in [1.807, 2.05) is 31.3 Å². The second-order valence-electron chi connectivity index (χ2n) is 5.35. The van der Waals surface area contributed by atoms with Crippen LogP contribution in [-0.2, 0) is 0 Å². The highest BCUT2D eigenvalue weighted by atomic mass is 16.1. The fraction of sp³-hybridized carbons (Fsp3) is 0.118. The fourth-order valence-electron chi connectivity index (χ4n) is 2.75. The lowest BCUT2D eigenvalue weighted by atomic mass is 10.1. The predicted octanol–water partition coefficient (Wildman–Crippen LogP) is 2.88. The minimum Gasteiger partial charge on any atom is -0.361 e. The smallest absolute Gasteiger partial charge is 0.261 e. The maximum absolute atomic E-state index is 12.6. The third-order valence-electron chi connectivity index (χ3n) is 4.06. The minimum atomic E-state index is -0.0862. The van der Waals surface area contributed by atoms with Gasteiger partial charge in [0.1, 0.15) is 0 Å². The van der Waals surface area contributed by atoms with Crippen LogP contribution >= 0.6 is 0 Å². The molecule has 0 bridgehead atoms. The first kappa shape index (κ1) is 12.8. The largest absolute Gasteiger partial charge is 0.361 e. The molecule has 0 spiro atoms. The van der Waals surface area contributed by atoms with E-state index in [1.54, 1.807) is 29.4 Å². The number of benzene rings is 1. The van der Waals surface area contributed by atoms with E-state index in [2.05, 4.69) is 21.0 Å². The average Bonchev–Trinajstić information content (AvgIpc) is 3.02. The molecule has 108 valence electrons. The second kappa shape index (κ2) is 4.80. The van der Waals surface area contributed by atoms with Crippen molar-refractivity contribution in [3.63, 3.8) is 0 Å². The molecule has 0 saturated heterocycles. The van der Waals surface area contributed by atoms with E-state index in [4.69, 9.17) is 0 Å². The lowest BCUT2D eigenvalue weighted by Crippen LogP contribution is -2.24. The molecule has 4 aromatic rings. The molecule has 5 nitrogen and oxygen atoms in total. The van der Waals surface area contributed by atoms with E-state index in [-0.39, 0.29) is 11.6 Å². The number of nitrogens with zero attached hydrogens (tertiary/aromatic N) is 3. The summed E-state index contributed by atoms with van der Waals surface area (Å²) < 4.78 is 1.66. The summed E-state index contributed by atoms with van der Waals surface area (Å²) >= 11 is 0. The normalized spacial score (nSPS) is 12.8. The SMILES string of the molecule is CC(c1ccc2[nH]ccc2c1)n1cnc2cnccc2c1=O. The first-order valence-electron chi connectivity index (χ1n) is 7.12. The molecule has 22 heavy (non-hydrogen) atoms. The van der Waals surface area contributed by atoms with Crippen molar-refractivity contribution in [2.75, 3.05) is 0 Å². The lowest BCUT2D eigenvalue weighted by Gasteiger charge is -2.15. The van der Waals surface area contributed by atoms with Crippen molar-refractivity contribution >= 4 is 21.8 Å². The van der Waals surface area contributed by atoms with Crippen molar-refractivity contribution in [2.24, 2.45) is 0 Å². The van der Waals surface area contributed by atoms with Crippen LogP contribution in [0, 0.1) is 0 Å². The number of fused-ring (bicyclic) bond motifs is 2. The first-order chi connectivity index (χ1) is 10.7. The summed E-state index contributed by atoms with van der Waals surface area (Å²) in [5.74, 6) is 0. The van der Waals surface area contributed by atoms with Crippen LogP contribution in [0.15, 0.2) is 60.0 Å². The quantitative estimate of drug-likeness (QED) is 0.617. The van der Waals surface area contributed by atoms with Crippen molar-refractivity contribution in [3.05, 3.63) is 71.2 Å². The maximum atomic E-state index is 12.6. The maximum Gasteiger partial charge on any atom is 0.261 e. The highest BCUT2D eigenvalue weighted by Gasteiger charge is 2.12. The van der Waals surface area contributed by atoms with Gasteiger partial charge in [-0.25, -0.2) is 4.98 Å². The molecule has 1 unspecified atom stereocenters. The van der Waals surface area contributed by atoms with Crippen LogP contribution in [-0.4, -0.2) is 19.5 Å². The number of pyridine rings is 1. The molecule has 0 aliphatic carbocycles. The summed E-state index contributed by atoms with van der Waals surface area (Å²) in [6.07, 6.45) is 6.73. The number of nitrogens with one attached hydrogen (secondary N) is 1. The van der Waals surface area contributed by atoms with Gasteiger partial charge in [0.2, 0.25) is 0 Å². The molecule has 5 heteroatoms. The zero-order valence-corrected chi connectivity index (χ0v) is 12.0. The van der Waals surface area contributed by atoms with Crippen molar-refractivity contribution in [1.29, 1.82) is 0 Å². The van der Waals surface area contributed by atoms with Gasteiger partial charge in [-0.15, -0.1) is 0 Å². The van der Waals surface area contributed by atoms with E-state index in [0.717, 1.165) is 16.5 Å². The number of aromatic amines is 1. The number of H-pyrrole nitrogens is 1. The van der Waals surface area contributed by atoms with Gasteiger partial charge in [-0.2, -0.15) is 0 Å². The van der Waals surface area contributed by atoms with Gasteiger partial charge in [-0.3, -0.25) is 14.3 Å². The lowest BCUT2D eigenvalue weighted by molar-refractivity contribution is 0.609. The van der Waals surface area contributed by atoms with Gasteiger partial charge < -0.3 is 4.98 Å². The number of rotatable bonds is 2. The molecular formula is C17H14N4O. The molecule has 3 heterocycles. The van der Waals surface area contributed by atoms with Crippen molar-refractivity contribution < 1.29 is 0 Å². The van der Waals surface area contributed by atoms with E-state index >= 15 is 0 Å². The summed E-state index contributed by atoms with van der Waals surface area (Å²) in [5.41, 5.74) is 2.74. The van der Waals surface area contributed by atoms with Crippen LogP contribution < -0.4 is 5.56 Å². The monoisotopic (exact) mass is 290 g/mol. The molecular weight excluding hydrogens is 276 g/mol. The minimum absolute atomic E-state index is 0.0472. The highest BCUT2D eigenvalue weighted by molar-refractivity contribution is 5.80. The Morgan fingerprint density at radius 1 is 1.23 bits per heavy atom. The van der Waals surface area contributed by atoms with Crippen LogP contribution in [0.5, 0.6) is 0 Å². The summed E-state index contributed by atoms with van der Waals surface area (Å²) in [4.78, 5) is 24.2. The molecule has 0 saturated carbocycles. The van der Waals surface area contributed by atoms with E-state index < -0.39 is 0 Å². The van der Waals surface area contributed by atoms with Gasteiger partial charge in [-0.05, 0) is 42.1 Å². The predicted molar refractivity (Wildman–Crippen MR) is 85.9 cm³/mol. The Balaban J connectivity index is 1.86. The van der Waals surface area contributed by atoms with E-state index in [1.165, 1.54) is 0 Å². The Labute approximate surface area is 126 Å². The van der Waals surface area contributed by atoms with Gasteiger partial charge in [0.05, 0.1) is 29.5 Å². The number of aromatic nitrogens is 4. The molecule has 1 aromatic carbocycles. The Kier molecular flexibility index (Phi) is 2.79. The average molecular weight is 290 g/mol. The van der Waals surface area contributed by atoms with Gasteiger partial charge in [0, 0.05) is 17.9 Å². The molecule has 0 radical (unpaired) electrons. The molecule has 4 rings (SSSR count). The van der Waals surface area contributed by atoms with Crippen LogP contribution in [0.25, 0.3) is 21.8 Å². The Morgan fingerprint density at radius 2 is 2.14 bits per heavy atom. The van der Waals surface area contributed by atoms with Gasteiger partial charge in [0.25, 0.3) is 5.56 Å². The summed E-state index contributed by atoms with van der Waals surface area (Å²) in [6, 6.07) is 9.82. The molecule has 1 N–H and O–H groups in total. The zero-order chi connectivity index (χ0) is 15.1. The van der Waals surface area contributed by atoms with Gasteiger partial charge in [-0.1, -0.05) is 6.07 Å².